The Balaban J connectivity index is 2.60. The summed E-state index contributed by atoms with van der Waals surface area (Å²) in [4.78, 5) is 6.40. The standard InChI is InChI=1S/C12H19ClN2O/c1-12(2,15(3)4)9-16-11-7-5-6-10(8-13)14-11/h5-7H,8-9H2,1-4H3. The lowest BCUT2D eigenvalue weighted by Gasteiger charge is -2.31. The molecule has 90 valence electrons. The first-order chi connectivity index (χ1) is 7.45. The number of hydrogen-bond donors (Lipinski definition) is 0. The predicted octanol–water partition coefficient (Wildman–Crippen LogP) is 2.54. The van der Waals surface area contributed by atoms with Gasteiger partial charge in [0.25, 0.3) is 0 Å². The van der Waals surface area contributed by atoms with Gasteiger partial charge in [0.2, 0.25) is 5.88 Å². The Labute approximate surface area is 102 Å². The van der Waals surface area contributed by atoms with E-state index in [1.54, 1.807) is 0 Å². The third kappa shape index (κ3) is 3.65. The summed E-state index contributed by atoms with van der Waals surface area (Å²) in [6.45, 7) is 4.84. The minimum absolute atomic E-state index is 0.0152. The Morgan fingerprint density at radius 3 is 2.62 bits per heavy atom. The van der Waals surface area contributed by atoms with Crippen LogP contribution in [0.5, 0.6) is 5.88 Å². The Kier molecular flexibility index (Phi) is 4.56. The fraction of sp³-hybridized carbons (Fsp3) is 0.583. The van der Waals surface area contributed by atoms with E-state index in [2.05, 4.69) is 23.7 Å². The van der Waals surface area contributed by atoms with E-state index >= 15 is 0 Å². The minimum atomic E-state index is -0.0152. The number of pyridine rings is 1. The molecular formula is C12H19ClN2O. The number of alkyl halides is 1. The van der Waals surface area contributed by atoms with Crippen LogP contribution in [-0.2, 0) is 5.88 Å². The molecule has 4 heteroatoms. The van der Waals surface area contributed by atoms with Crippen molar-refractivity contribution in [2.45, 2.75) is 25.3 Å². The lowest BCUT2D eigenvalue weighted by Crippen LogP contribution is -2.43. The summed E-state index contributed by atoms with van der Waals surface area (Å²) in [6.07, 6.45) is 0. The predicted molar refractivity (Wildman–Crippen MR) is 67.1 cm³/mol. The molecule has 1 rings (SSSR count). The monoisotopic (exact) mass is 242 g/mol. The van der Waals surface area contributed by atoms with E-state index in [1.807, 2.05) is 32.3 Å². The zero-order valence-electron chi connectivity index (χ0n) is 10.3. The van der Waals surface area contributed by atoms with Crippen LogP contribution < -0.4 is 4.74 Å². The topological polar surface area (TPSA) is 25.4 Å². The molecule has 0 aromatic carbocycles. The Morgan fingerprint density at radius 1 is 1.38 bits per heavy atom. The van der Waals surface area contributed by atoms with Gasteiger partial charge in [-0.3, -0.25) is 0 Å². The van der Waals surface area contributed by atoms with Crippen molar-refractivity contribution >= 4 is 11.6 Å². The van der Waals surface area contributed by atoms with E-state index in [9.17, 15) is 0 Å². The van der Waals surface area contributed by atoms with Gasteiger partial charge in [0.05, 0.1) is 11.6 Å². The van der Waals surface area contributed by atoms with E-state index in [0.29, 0.717) is 18.4 Å². The smallest absolute Gasteiger partial charge is 0.213 e. The summed E-state index contributed by atoms with van der Waals surface area (Å²) in [5, 5.41) is 0. The third-order valence-electron chi connectivity index (χ3n) is 2.70. The van der Waals surface area contributed by atoms with Crippen LogP contribution in [0.2, 0.25) is 0 Å². The van der Waals surface area contributed by atoms with Gasteiger partial charge in [-0.2, -0.15) is 0 Å². The van der Waals surface area contributed by atoms with E-state index < -0.39 is 0 Å². The molecule has 0 radical (unpaired) electrons. The molecule has 1 heterocycles. The van der Waals surface area contributed by atoms with Crippen molar-refractivity contribution in [3.8, 4) is 5.88 Å². The van der Waals surface area contributed by atoms with Crippen molar-refractivity contribution in [1.29, 1.82) is 0 Å². The zero-order valence-corrected chi connectivity index (χ0v) is 11.1. The number of nitrogens with zero attached hydrogens (tertiary/aromatic N) is 2. The molecule has 3 nitrogen and oxygen atoms in total. The maximum Gasteiger partial charge on any atom is 0.213 e. The Hall–Kier alpha value is -0.800. The second-order valence-corrected chi connectivity index (χ2v) is 4.86. The molecule has 16 heavy (non-hydrogen) atoms. The molecule has 0 amide bonds. The van der Waals surface area contributed by atoms with Crippen molar-refractivity contribution in [2.24, 2.45) is 0 Å². The summed E-state index contributed by atoms with van der Waals surface area (Å²) in [7, 11) is 4.07. The number of ether oxygens (including phenoxy) is 1. The summed E-state index contributed by atoms with van der Waals surface area (Å²) in [5.74, 6) is 1.04. The third-order valence-corrected chi connectivity index (χ3v) is 2.98. The molecule has 1 aromatic rings. The number of hydrogen-bond acceptors (Lipinski definition) is 3. The van der Waals surface area contributed by atoms with Gasteiger partial charge in [-0.15, -0.1) is 11.6 Å². The van der Waals surface area contributed by atoms with Crippen LogP contribution in [-0.4, -0.2) is 36.1 Å². The van der Waals surface area contributed by atoms with Crippen LogP contribution in [0.4, 0.5) is 0 Å². The van der Waals surface area contributed by atoms with E-state index in [4.69, 9.17) is 16.3 Å². The molecule has 0 unspecified atom stereocenters. The zero-order chi connectivity index (χ0) is 12.2. The molecule has 0 atom stereocenters. The SMILES string of the molecule is CN(C)C(C)(C)COc1cccc(CCl)n1. The first-order valence-electron chi connectivity index (χ1n) is 5.28. The van der Waals surface area contributed by atoms with E-state index in [1.165, 1.54) is 0 Å². The van der Waals surface area contributed by atoms with E-state index in [-0.39, 0.29) is 5.54 Å². The van der Waals surface area contributed by atoms with Gasteiger partial charge in [0, 0.05) is 11.6 Å². The summed E-state index contributed by atoms with van der Waals surface area (Å²) >= 11 is 5.71. The fourth-order valence-electron chi connectivity index (χ4n) is 0.992. The fourth-order valence-corrected chi connectivity index (χ4v) is 1.14. The van der Waals surface area contributed by atoms with Crippen LogP contribution in [0.15, 0.2) is 18.2 Å². The highest BCUT2D eigenvalue weighted by Crippen LogP contribution is 2.14. The van der Waals surface area contributed by atoms with Gasteiger partial charge < -0.3 is 9.64 Å². The lowest BCUT2D eigenvalue weighted by molar-refractivity contribution is 0.111. The quantitative estimate of drug-likeness (QED) is 0.742. The first kappa shape index (κ1) is 13.3. The Bertz CT molecular complexity index is 340. The Morgan fingerprint density at radius 2 is 2.06 bits per heavy atom. The molecule has 0 aliphatic carbocycles. The second kappa shape index (κ2) is 5.51. The molecule has 0 aliphatic heterocycles. The molecular weight excluding hydrogens is 224 g/mol. The van der Waals surface area contributed by atoms with Crippen molar-refractivity contribution < 1.29 is 4.74 Å². The first-order valence-corrected chi connectivity index (χ1v) is 5.81. The largest absolute Gasteiger partial charge is 0.476 e. The maximum atomic E-state index is 5.71. The van der Waals surface area contributed by atoms with Gasteiger partial charge in [-0.1, -0.05) is 6.07 Å². The molecule has 0 bridgehead atoms. The molecule has 1 aromatic heterocycles. The van der Waals surface area contributed by atoms with Crippen LogP contribution >= 0.6 is 11.6 Å². The average molecular weight is 243 g/mol. The maximum absolute atomic E-state index is 5.71. The highest BCUT2D eigenvalue weighted by Gasteiger charge is 2.21. The lowest BCUT2D eigenvalue weighted by atomic mass is 10.1. The highest BCUT2D eigenvalue weighted by atomic mass is 35.5. The van der Waals surface area contributed by atoms with Crippen molar-refractivity contribution in [3.05, 3.63) is 23.9 Å². The van der Waals surface area contributed by atoms with Gasteiger partial charge in [-0.25, -0.2) is 4.98 Å². The summed E-state index contributed by atoms with van der Waals surface area (Å²) < 4.78 is 5.66. The second-order valence-electron chi connectivity index (χ2n) is 4.60. The molecule has 0 spiro atoms. The van der Waals surface area contributed by atoms with Gasteiger partial charge >= 0.3 is 0 Å². The molecule has 0 aliphatic rings. The average Bonchev–Trinajstić information content (AvgIpc) is 2.26. The van der Waals surface area contributed by atoms with Crippen LogP contribution in [0.1, 0.15) is 19.5 Å². The minimum Gasteiger partial charge on any atom is -0.476 e. The van der Waals surface area contributed by atoms with Crippen LogP contribution in [0.25, 0.3) is 0 Å². The van der Waals surface area contributed by atoms with Crippen molar-refractivity contribution in [3.63, 3.8) is 0 Å². The van der Waals surface area contributed by atoms with Crippen molar-refractivity contribution in [1.82, 2.24) is 9.88 Å². The summed E-state index contributed by atoms with van der Waals surface area (Å²) in [6, 6.07) is 5.64. The molecule has 0 saturated heterocycles. The van der Waals surface area contributed by atoms with E-state index in [0.717, 1.165) is 5.69 Å². The highest BCUT2D eigenvalue weighted by molar-refractivity contribution is 6.16. The molecule has 0 saturated carbocycles. The number of rotatable bonds is 5. The molecule has 0 N–H and O–H groups in total. The van der Waals surface area contributed by atoms with Crippen LogP contribution in [0.3, 0.4) is 0 Å². The normalized spacial score (nSPS) is 11.9. The van der Waals surface area contributed by atoms with Gasteiger partial charge in [0.15, 0.2) is 0 Å². The number of likely N-dealkylation sites (N-methyl/N-ethyl adjacent to an activating group) is 1. The van der Waals surface area contributed by atoms with Gasteiger partial charge in [0.1, 0.15) is 6.61 Å². The van der Waals surface area contributed by atoms with Gasteiger partial charge in [-0.05, 0) is 34.0 Å². The number of halogens is 1. The van der Waals surface area contributed by atoms with Crippen LogP contribution in [0, 0.1) is 0 Å². The molecule has 0 fully saturated rings. The number of aromatic nitrogens is 1. The summed E-state index contributed by atoms with van der Waals surface area (Å²) in [5.41, 5.74) is 0.820. The van der Waals surface area contributed by atoms with Crippen molar-refractivity contribution in [2.75, 3.05) is 20.7 Å².